The van der Waals surface area contributed by atoms with Crippen molar-refractivity contribution in [3.63, 3.8) is 0 Å². The highest BCUT2D eigenvalue weighted by Crippen LogP contribution is 2.32. The molecular formula is C23H21F2N5. The lowest BCUT2D eigenvalue weighted by atomic mass is 9.97. The maximum atomic E-state index is 14.4. The Balaban J connectivity index is 1.92. The van der Waals surface area contributed by atoms with Gasteiger partial charge in [0, 0.05) is 28.6 Å². The van der Waals surface area contributed by atoms with Gasteiger partial charge in [-0.3, -0.25) is 4.40 Å². The third-order valence-electron chi connectivity index (χ3n) is 4.54. The third kappa shape index (κ3) is 3.81. The van der Waals surface area contributed by atoms with Gasteiger partial charge in [0.1, 0.15) is 23.8 Å². The molecule has 0 aliphatic rings. The number of benzene rings is 2. The van der Waals surface area contributed by atoms with E-state index in [1.807, 2.05) is 38.7 Å². The van der Waals surface area contributed by atoms with Crippen LogP contribution in [0.15, 0.2) is 42.7 Å². The zero-order valence-corrected chi connectivity index (χ0v) is 17.2. The Hall–Kier alpha value is -3.53. The van der Waals surface area contributed by atoms with Gasteiger partial charge < -0.3 is 4.90 Å². The summed E-state index contributed by atoms with van der Waals surface area (Å²) in [6.07, 6.45) is 1.53. The maximum Gasteiger partial charge on any atom is 0.257 e. The van der Waals surface area contributed by atoms with Crippen molar-refractivity contribution in [2.24, 2.45) is 5.41 Å². The molecule has 2 aromatic carbocycles. The molecule has 0 unspecified atom stereocenters. The minimum Gasteiger partial charge on any atom is -0.326 e. The molecule has 2 heterocycles. The quantitative estimate of drug-likeness (QED) is 0.444. The summed E-state index contributed by atoms with van der Waals surface area (Å²) in [6.45, 7) is 8.40. The molecule has 0 fully saturated rings. The molecule has 0 amide bonds. The van der Waals surface area contributed by atoms with Gasteiger partial charge in [0.25, 0.3) is 5.78 Å². The van der Waals surface area contributed by atoms with E-state index < -0.39 is 5.82 Å². The second-order valence-corrected chi connectivity index (χ2v) is 8.04. The minimum absolute atomic E-state index is 0.203. The molecule has 7 heteroatoms. The van der Waals surface area contributed by atoms with Gasteiger partial charge in [-0.1, -0.05) is 11.8 Å². The molecule has 4 aromatic rings. The highest BCUT2D eigenvalue weighted by atomic mass is 19.1. The molecule has 2 aromatic heterocycles. The average molecular weight is 405 g/mol. The number of halogens is 2. The van der Waals surface area contributed by atoms with E-state index in [0.717, 1.165) is 0 Å². The van der Waals surface area contributed by atoms with Crippen molar-refractivity contribution in [1.82, 2.24) is 19.6 Å². The van der Waals surface area contributed by atoms with Crippen LogP contribution in [0.5, 0.6) is 0 Å². The Kier molecular flexibility index (Phi) is 4.86. The second-order valence-electron chi connectivity index (χ2n) is 8.04. The Morgan fingerprint density at radius 1 is 1.07 bits per heavy atom. The first-order valence-electron chi connectivity index (χ1n) is 9.65. The summed E-state index contributed by atoms with van der Waals surface area (Å²) in [5, 5.41) is 8.53. The van der Waals surface area contributed by atoms with Gasteiger partial charge in [-0.05, 0) is 64.1 Å². The van der Waals surface area contributed by atoms with Crippen molar-refractivity contribution in [3.8, 4) is 11.8 Å². The van der Waals surface area contributed by atoms with Crippen LogP contribution >= 0.6 is 0 Å². The summed E-state index contributed by atoms with van der Waals surface area (Å²) in [5.41, 5.74) is 1.66. The molecule has 0 saturated heterocycles. The fourth-order valence-electron chi connectivity index (χ4n) is 3.25. The van der Waals surface area contributed by atoms with Gasteiger partial charge in [0.05, 0.1) is 5.52 Å². The highest BCUT2D eigenvalue weighted by molar-refractivity contribution is 5.93. The van der Waals surface area contributed by atoms with Crippen LogP contribution in [0.4, 0.5) is 20.3 Å². The lowest BCUT2D eigenvalue weighted by Crippen LogP contribution is -2.19. The zero-order valence-electron chi connectivity index (χ0n) is 17.2. The van der Waals surface area contributed by atoms with E-state index in [-0.39, 0.29) is 11.2 Å². The molecule has 0 saturated carbocycles. The largest absolute Gasteiger partial charge is 0.326 e. The molecule has 0 bridgehead atoms. The van der Waals surface area contributed by atoms with Crippen molar-refractivity contribution >= 4 is 28.2 Å². The summed E-state index contributed by atoms with van der Waals surface area (Å²) >= 11 is 0. The zero-order chi connectivity index (χ0) is 21.5. The van der Waals surface area contributed by atoms with Gasteiger partial charge in [-0.2, -0.15) is 4.98 Å². The van der Waals surface area contributed by atoms with E-state index in [1.165, 1.54) is 30.6 Å². The Bertz CT molecular complexity index is 1310. The number of hydrogen-bond acceptors (Lipinski definition) is 4. The third-order valence-corrected chi connectivity index (χ3v) is 4.54. The number of hydrogen-bond donors (Lipinski definition) is 0. The van der Waals surface area contributed by atoms with Gasteiger partial charge in [0.2, 0.25) is 0 Å². The summed E-state index contributed by atoms with van der Waals surface area (Å²) in [7, 11) is 0. The summed E-state index contributed by atoms with van der Waals surface area (Å²) in [5.74, 6) is 6.25. The first-order chi connectivity index (χ1) is 14.2. The molecule has 0 spiro atoms. The van der Waals surface area contributed by atoms with Gasteiger partial charge in [-0.25, -0.2) is 8.78 Å². The normalized spacial score (nSPS) is 11.5. The highest BCUT2D eigenvalue weighted by Gasteiger charge is 2.18. The second kappa shape index (κ2) is 7.38. The van der Waals surface area contributed by atoms with E-state index in [0.29, 0.717) is 40.3 Å². The molecule has 0 N–H and O–H groups in total. The molecule has 0 radical (unpaired) electrons. The van der Waals surface area contributed by atoms with E-state index >= 15 is 0 Å². The van der Waals surface area contributed by atoms with Crippen molar-refractivity contribution in [1.29, 1.82) is 0 Å². The average Bonchev–Trinajstić information content (AvgIpc) is 3.15. The Labute approximate surface area is 173 Å². The molecule has 0 aliphatic carbocycles. The standard InChI is InChI=1S/C23H21F2N5/c1-5-29(18-11-15(10-17(25)12-18)8-9-23(2,3)4)21-19-13-16(24)6-7-20(19)30-14-26-28-22(30)27-21/h6-7,10-14H,5H2,1-4H3. The fourth-order valence-corrected chi connectivity index (χ4v) is 3.25. The Morgan fingerprint density at radius 2 is 1.87 bits per heavy atom. The number of nitrogens with zero attached hydrogens (tertiary/aromatic N) is 5. The van der Waals surface area contributed by atoms with Crippen LogP contribution < -0.4 is 4.90 Å². The first-order valence-corrected chi connectivity index (χ1v) is 9.65. The van der Waals surface area contributed by atoms with E-state index in [2.05, 4.69) is 27.0 Å². The Morgan fingerprint density at radius 3 is 2.60 bits per heavy atom. The SMILES string of the molecule is CCN(c1cc(F)cc(C#CC(C)(C)C)c1)c1nc2nncn2c2ccc(F)cc12. The predicted molar refractivity (Wildman–Crippen MR) is 114 cm³/mol. The lowest BCUT2D eigenvalue weighted by molar-refractivity contribution is 0.571. The fraction of sp³-hybridized carbons (Fsp3) is 0.261. The van der Waals surface area contributed by atoms with Crippen LogP contribution in [0.1, 0.15) is 33.3 Å². The van der Waals surface area contributed by atoms with Gasteiger partial charge in [0.15, 0.2) is 0 Å². The van der Waals surface area contributed by atoms with Crippen molar-refractivity contribution in [2.45, 2.75) is 27.7 Å². The summed E-state index contributed by atoms with van der Waals surface area (Å²) < 4.78 is 30.2. The summed E-state index contributed by atoms with van der Waals surface area (Å²) in [6, 6.07) is 9.09. The maximum absolute atomic E-state index is 14.4. The molecule has 4 rings (SSSR count). The van der Waals surface area contributed by atoms with Crippen molar-refractivity contribution in [3.05, 3.63) is 59.9 Å². The van der Waals surface area contributed by atoms with Crippen LogP contribution in [0, 0.1) is 28.9 Å². The van der Waals surface area contributed by atoms with E-state index in [9.17, 15) is 8.78 Å². The van der Waals surface area contributed by atoms with Crippen LogP contribution in [0.3, 0.4) is 0 Å². The molecular weight excluding hydrogens is 384 g/mol. The molecule has 0 aliphatic heterocycles. The number of aromatic nitrogens is 4. The van der Waals surface area contributed by atoms with Crippen molar-refractivity contribution < 1.29 is 8.78 Å². The first kappa shape index (κ1) is 19.8. The lowest BCUT2D eigenvalue weighted by Gasteiger charge is -2.24. The van der Waals surface area contributed by atoms with Crippen LogP contribution in [0.2, 0.25) is 0 Å². The van der Waals surface area contributed by atoms with Crippen molar-refractivity contribution in [2.75, 3.05) is 11.4 Å². The molecule has 152 valence electrons. The monoisotopic (exact) mass is 405 g/mol. The molecule has 0 atom stereocenters. The minimum atomic E-state index is -0.400. The number of rotatable bonds is 3. The molecule has 5 nitrogen and oxygen atoms in total. The van der Waals surface area contributed by atoms with Gasteiger partial charge >= 0.3 is 0 Å². The van der Waals surface area contributed by atoms with E-state index in [1.54, 1.807) is 10.5 Å². The van der Waals surface area contributed by atoms with Gasteiger partial charge in [-0.15, -0.1) is 10.2 Å². The molecule has 30 heavy (non-hydrogen) atoms. The smallest absolute Gasteiger partial charge is 0.257 e. The summed E-state index contributed by atoms with van der Waals surface area (Å²) in [4.78, 5) is 6.41. The van der Waals surface area contributed by atoms with E-state index in [4.69, 9.17) is 0 Å². The number of anilines is 2. The van der Waals surface area contributed by atoms with Crippen LogP contribution in [0.25, 0.3) is 16.7 Å². The van der Waals surface area contributed by atoms with Crippen LogP contribution in [-0.4, -0.2) is 26.1 Å². The predicted octanol–water partition coefficient (Wildman–Crippen LogP) is 5.11. The topological polar surface area (TPSA) is 46.3 Å². The number of fused-ring (bicyclic) bond motifs is 3. The van der Waals surface area contributed by atoms with Crippen LogP contribution in [-0.2, 0) is 0 Å².